The lowest BCUT2D eigenvalue weighted by molar-refractivity contribution is 0.721. The first kappa shape index (κ1) is 11.7. The van der Waals surface area contributed by atoms with Gasteiger partial charge >= 0.3 is 0 Å². The Morgan fingerprint density at radius 2 is 1.94 bits per heavy atom. The minimum atomic E-state index is 0.684. The Labute approximate surface area is 101 Å². The van der Waals surface area contributed by atoms with Crippen molar-refractivity contribution in [1.82, 2.24) is 20.3 Å². The van der Waals surface area contributed by atoms with Gasteiger partial charge in [0.1, 0.15) is 5.69 Å². The van der Waals surface area contributed by atoms with Gasteiger partial charge in [0.15, 0.2) is 5.82 Å². The topological polar surface area (TPSA) is 50.7 Å². The highest BCUT2D eigenvalue weighted by Gasteiger charge is 2.05. The maximum absolute atomic E-state index is 4.35. The van der Waals surface area contributed by atoms with E-state index in [2.05, 4.69) is 27.2 Å². The fourth-order valence-electron chi connectivity index (χ4n) is 1.56. The van der Waals surface area contributed by atoms with Gasteiger partial charge in [-0.25, -0.2) is 9.97 Å². The van der Waals surface area contributed by atoms with E-state index in [4.69, 9.17) is 0 Å². The molecule has 1 N–H and O–H groups in total. The largest absolute Gasteiger partial charge is 0.313 e. The zero-order valence-corrected chi connectivity index (χ0v) is 10.1. The molecule has 0 aromatic carbocycles. The number of hydrogen-bond donors (Lipinski definition) is 1. The molecule has 88 valence electrons. The monoisotopic (exact) mass is 228 g/mol. The summed E-state index contributed by atoms with van der Waals surface area (Å²) in [5.41, 5.74) is 3.03. The van der Waals surface area contributed by atoms with Gasteiger partial charge < -0.3 is 5.32 Å². The highest BCUT2D eigenvalue weighted by atomic mass is 14.9. The van der Waals surface area contributed by atoms with Crippen molar-refractivity contribution in [1.29, 1.82) is 0 Å². The molecule has 0 bridgehead atoms. The summed E-state index contributed by atoms with van der Waals surface area (Å²) >= 11 is 0. The van der Waals surface area contributed by atoms with Crippen molar-refractivity contribution in [2.24, 2.45) is 0 Å². The van der Waals surface area contributed by atoms with Crippen molar-refractivity contribution in [3.8, 4) is 11.5 Å². The highest BCUT2D eigenvalue weighted by Crippen LogP contribution is 2.15. The smallest absolute Gasteiger partial charge is 0.178 e. The summed E-state index contributed by atoms with van der Waals surface area (Å²) in [5.74, 6) is 0.684. The molecule has 4 heteroatoms. The van der Waals surface area contributed by atoms with Crippen LogP contribution in [0.4, 0.5) is 0 Å². The summed E-state index contributed by atoms with van der Waals surface area (Å²) in [6.45, 7) is 5.84. The third-order valence-corrected chi connectivity index (χ3v) is 2.51. The Morgan fingerprint density at radius 3 is 2.59 bits per heavy atom. The lowest BCUT2D eigenvalue weighted by Gasteiger charge is -2.04. The van der Waals surface area contributed by atoms with Crippen LogP contribution in [0.5, 0.6) is 0 Å². The molecule has 0 unspecified atom stereocenters. The molecule has 2 aromatic rings. The Morgan fingerprint density at radius 1 is 1.18 bits per heavy atom. The molecule has 0 radical (unpaired) electrons. The van der Waals surface area contributed by atoms with Gasteiger partial charge in [0, 0.05) is 30.7 Å². The maximum Gasteiger partial charge on any atom is 0.178 e. The minimum absolute atomic E-state index is 0.684. The van der Waals surface area contributed by atoms with E-state index in [9.17, 15) is 0 Å². The highest BCUT2D eigenvalue weighted by molar-refractivity contribution is 5.53. The summed E-state index contributed by atoms with van der Waals surface area (Å²) in [5, 5.41) is 3.24. The summed E-state index contributed by atoms with van der Waals surface area (Å²) in [7, 11) is 0. The standard InChI is InChI=1S/C13H16N4/c1-3-14-7-11-8-16-13(17-9-11)12-10(2)5-4-6-15-12/h4-6,8-9,14H,3,7H2,1-2H3. The first-order valence-electron chi connectivity index (χ1n) is 5.75. The van der Waals surface area contributed by atoms with Gasteiger partial charge in [0.2, 0.25) is 0 Å². The van der Waals surface area contributed by atoms with E-state index in [1.165, 1.54) is 0 Å². The molecule has 2 aromatic heterocycles. The molecule has 0 atom stereocenters. The van der Waals surface area contributed by atoms with Gasteiger partial charge in [-0.2, -0.15) is 0 Å². The van der Waals surface area contributed by atoms with E-state index >= 15 is 0 Å². The molecule has 17 heavy (non-hydrogen) atoms. The maximum atomic E-state index is 4.35. The second kappa shape index (κ2) is 5.50. The Balaban J connectivity index is 2.21. The van der Waals surface area contributed by atoms with E-state index in [1.807, 2.05) is 31.5 Å². The van der Waals surface area contributed by atoms with Gasteiger partial charge in [-0.3, -0.25) is 4.98 Å². The number of aromatic nitrogens is 3. The molecular formula is C13H16N4. The first-order valence-corrected chi connectivity index (χ1v) is 5.75. The molecule has 4 nitrogen and oxygen atoms in total. The normalized spacial score (nSPS) is 10.5. The van der Waals surface area contributed by atoms with Crippen molar-refractivity contribution in [2.75, 3.05) is 6.54 Å². The fraction of sp³-hybridized carbons (Fsp3) is 0.308. The first-order chi connectivity index (χ1) is 8.31. The summed E-state index contributed by atoms with van der Waals surface area (Å²) < 4.78 is 0. The van der Waals surface area contributed by atoms with Crippen LogP contribution in [0.15, 0.2) is 30.7 Å². The van der Waals surface area contributed by atoms with Crippen LogP contribution in [0.25, 0.3) is 11.5 Å². The molecule has 0 spiro atoms. The van der Waals surface area contributed by atoms with Crippen LogP contribution in [-0.4, -0.2) is 21.5 Å². The average molecular weight is 228 g/mol. The van der Waals surface area contributed by atoms with Crippen molar-refractivity contribution < 1.29 is 0 Å². The van der Waals surface area contributed by atoms with Crippen LogP contribution in [-0.2, 0) is 6.54 Å². The Bertz CT molecular complexity index is 479. The van der Waals surface area contributed by atoms with Crippen molar-refractivity contribution in [3.05, 3.63) is 41.9 Å². The molecule has 0 aliphatic carbocycles. The molecule has 0 aliphatic rings. The average Bonchev–Trinajstić information content (AvgIpc) is 2.38. The van der Waals surface area contributed by atoms with Crippen LogP contribution in [0, 0.1) is 6.92 Å². The van der Waals surface area contributed by atoms with Gasteiger partial charge in [0.05, 0.1) is 0 Å². The number of nitrogens with one attached hydrogen (secondary N) is 1. The lowest BCUT2D eigenvalue weighted by atomic mass is 10.2. The van der Waals surface area contributed by atoms with Gasteiger partial charge in [0.25, 0.3) is 0 Å². The van der Waals surface area contributed by atoms with E-state index in [0.717, 1.165) is 29.9 Å². The van der Waals surface area contributed by atoms with Crippen LogP contribution in [0.2, 0.25) is 0 Å². The van der Waals surface area contributed by atoms with E-state index in [0.29, 0.717) is 5.82 Å². The zero-order valence-electron chi connectivity index (χ0n) is 10.1. The summed E-state index contributed by atoms with van der Waals surface area (Å²) in [6.07, 6.45) is 5.45. The third kappa shape index (κ3) is 2.85. The number of rotatable bonds is 4. The molecule has 0 amide bonds. The van der Waals surface area contributed by atoms with E-state index < -0.39 is 0 Å². The zero-order chi connectivity index (χ0) is 12.1. The molecule has 0 aliphatic heterocycles. The lowest BCUT2D eigenvalue weighted by Crippen LogP contribution is -2.12. The third-order valence-electron chi connectivity index (χ3n) is 2.51. The van der Waals surface area contributed by atoms with Gasteiger partial charge in [-0.05, 0) is 25.1 Å². The number of aryl methyl sites for hydroxylation is 1. The van der Waals surface area contributed by atoms with Crippen LogP contribution in [0.1, 0.15) is 18.1 Å². The van der Waals surface area contributed by atoms with Gasteiger partial charge in [-0.1, -0.05) is 13.0 Å². The molecule has 2 rings (SSSR count). The number of hydrogen-bond acceptors (Lipinski definition) is 4. The molecule has 2 heterocycles. The summed E-state index contributed by atoms with van der Waals surface area (Å²) in [4.78, 5) is 13.0. The quantitative estimate of drug-likeness (QED) is 0.869. The van der Waals surface area contributed by atoms with Crippen LogP contribution >= 0.6 is 0 Å². The predicted molar refractivity (Wildman–Crippen MR) is 67.4 cm³/mol. The van der Waals surface area contributed by atoms with Crippen LogP contribution in [0.3, 0.4) is 0 Å². The minimum Gasteiger partial charge on any atom is -0.313 e. The van der Waals surface area contributed by atoms with E-state index in [1.54, 1.807) is 6.20 Å². The van der Waals surface area contributed by atoms with Crippen molar-refractivity contribution >= 4 is 0 Å². The molecular weight excluding hydrogens is 212 g/mol. The van der Waals surface area contributed by atoms with Crippen LogP contribution < -0.4 is 5.32 Å². The number of nitrogens with zero attached hydrogens (tertiary/aromatic N) is 3. The molecule has 0 fully saturated rings. The van der Waals surface area contributed by atoms with E-state index in [-0.39, 0.29) is 0 Å². The fourth-order valence-corrected chi connectivity index (χ4v) is 1.56. The number of pyridine rings is 1. The second-order valence-electron chi connectivity index (χ2n) is 3.86. The second-order valence-corrected chi connectivity index (χ2v) is 3.86. The van der Waals surface area contributed by atoms with Gasteiger partial charge in [-0.15, -0.1) is 0 Å². The van der Waals surface area contributed by atoms with Crippen molar-refractivity contribution in [2.45, 2.75) is 20.4 Å². The predicted octanol–water partition coefficient (Wildman–Crippen LogP) is 1.96. The molecule has 0 saturated heterocycles. The van der Waals surface area contributed by atoms with Crippen molar-refractivity contribution in [3.63, 3.8) is 0 Å². The summed E-state index contributed by atoms with van der Waals surface area (Å²) in [6, 6.07) is 3.93. The molecule has 0 saturated carbocycles. The SMILES string of the molecule is CCNCc1cnc(-c2ncccc2C)nc1. The Kier molecular flexibility index (Phi) is 3.77. The Hall–Kier alpha value is -1.81.